The smallest absolute Gasteiger partial charge is 0.220 e. The van der Waals surface area contributed by atoms with Crippen LogP contribution in [-0.2, 0) is 17.6 Å². The maximum absolute atomic E-state index is 13.3. The molecule has 100 valence electrons. The fraction of sp³-hybridized carbons (Fsp3) is 0.267. The zero-order valence-electron chi connectivity index (χ0n) is 10.7. The number of hydrogen-bond donors (Lipinski definition) is 2. The first kappa shape index (κ1) is 13.3. The normalized spacial score (nSPS) is 10.4. The van der Waals surface area contributed by atoms with Crippen LogP contribution in [0, 0.1) is 5.82 Å². The largest absolute Gasteiger partial charge is 0.367 e. The summed E-state index contributed by atoms with van der Waals surface area (Å²) in [6.07, 6.45) is 5.31. The SMILES string of the molecule is O=C(CCc1ccccc1F)NCCc1cc[nH]c1. The maximum Gasteiger partial charge on any atom is 0.220 e. The molecule has 1 aromatic carbocycles. The molecule has 4 heteroatoms. The summed E-state index contributed by atoms with van der Waals surface area (Å²) in [4.78, 5) is 14.6. The van der Waals surface area contributed by atoms with Crippen LogP contribution in [0.4, 0.5) is 4.39 Å². The van der Waals surface area contributed by atoms with Gasteiger partial charge in [-0.05, 0) is 36.1 Å². The van der Waals surface area contributed by atoms with Gasteiger partial charge in [-0.1, -0.05) is 18.2 Å². The molecule has 3 nitrogen and oxygen atoms in total. The molecule has 2 rings (SSSR count). The summed E-state index contributed by atoms with van der Waals surface area (Å²) < 4.78 is 13.3. The third kappa shape index (κ3) is 4.25. The number of hydrogen-bond acceptors (Lipinski definition) is 1. The molecule has 1 heterocycles. The first-order valence-corrected chi connectivity index (χ1v) is 6.37. The molecule has 0 aliphatic rings. The van der Waals surface area contributed by atoms with Gasteiger partial charge in [0.1, 0.15) is 5.82 Å². The predicted octanol–water partition coefficient (Wildman–Crippen LogP) is 2.45. The first-order valence-electron chi connectivity index (χ1n) is 6.37. The second-order valence-electron chi connectivity index (χ2n) is 4.41. The lowest BCUT2D eigenvalue weighted by molar-refractivity contribution is -0.121. The number of aromatic amines is 1. The van der Waals surface area contributed by atoms with Crippen LogP contribution >= 0.6 is 0 Å². The van der Waals surface area contributed by atoms with Gasteiger partial charge in [0.15, 0.2) is 0 Å². The van der Waals surface area contributed by atoms with E-state index < -0.39 is 0 Å². The molecule has 0 saturated heterocycles. The van der Waals surface area contributed by atoms with E-state index in [1.54, 1.807) is 18.2 Å². The van der Waals surface area contributed by atoms with Crippen molar-refractivity contribution < 1.29 is 9.18 Å². The molecule has 0 spiro atoms. The van der Waals surface area contributed by atoms with E-state index in [4.69, 9.17) is 0 Å². The molecule has 1 amide bonds. The Morgan fingerprint density at radius 3 is 2.79 bits per heavy atom. The molecule has 0 aliphatic heterocycles. The van der Waals surface area contributed by atoms with E-state index in [1.165, 1.54) is 6.07 Å². The minimum atomic E-state index is -0.248. The van der Waals surface area contributed by atoms with Crippen molar-refractivity contribution in [1.82, 2.24) is 10.3 Å². The zero-order chi connectivity index (χ0) is 13.5. The number of nitrogens with one attached hydrogen (secondary N) is 2. The third-order valence-corrected chi connectivity index (χ3v) is 2.98. The van der Waals surface area contributed by atoms with Crippen molar-refractivity contribution >= 4 is 5.91 Å². The fourth-order valence-electron chi connectivity index (χ4n) is 1.90. The van der Waals surface area contributed by atoms with Gasteiger partial charge in [0, 0.05) is 25.4 Å². The Hall–Kier alpha value is -2.10. The Morgan fingerprint density at radius 2 is 2.05 bits per heavy atom. The van der Waals surface area contributed by atoms with Crippen molar-refractivity contribution in [3.05, 3.63) is 59.7 Å². The van der Waals surface area contributed by atoms with Gasteiger partial charge in [0.2, 0.25) is 5.91 Å². The van der Waals surface area contributed by atoms with Gasteiger partial charge >= 0.3 is 0 Å². The number of carbonyl (C=O) groups is 1. The number of aryl methyl sites for hydroxylation is 1. The molecule has 0 fully saturated rings. The number of halogens is 1. The lowest BCUT2D eigenvalue weighted by atomic mass is 10.1. The van der Waals surface area contributed by atoms with Gasteiger partial charge < -0.3 is 10.3 Å². The van der Waals surface area contributed by atoms with Crippen LogP contribution in [0.1, 0.15) is 17.5 Å². The van der Waals surface area contributed by atoms with Crippen LogP contribution < -0.4 is 5.32 Å². The average molecular weight is 260 g/mol. The number of amides is 1. The van der Waals surface area contributed by atoms with Crippen molar-refractivity contribution in [2.75, 3.05) is 6.54 Å². The molecule has 1 aromatic heterocycles. The molecule has 2 aromatic rings. The van der Waals surface area contributed by atoms with E-state index in [1.807, 2.05) is 18.5 Å². The van der Waals surface area contributed by atoms with E-state index in [0.717, 1.165) is 12.0 Å². The van der Waals surface area contributed by atoms with Crippen LogP contribution in [0.3, 0.4) is 0 Å². The van der Waals surface area contributed by atoms with Gasteiger partial charge in [0.25, 0.3) is 0 Å². The lowest BCUT2D eigenvalue weighted by Crippen LogP contribution is -2.25. The summed E-state index contributed by atoms with van der Waals surface area (Å²) in [5, 5.41) is 2.84. The Labute approximate surface area is 111 Å². The number of benzene rings is 1. The molecule has 0 saturated carbocycles. The van der Waals surface area contributed by atoms with Gasteiger partial charge in [-0.3, -0.25) is 4.79 Å². The van der Waals surface area contributed by atoms with Crippen molar-refractivity contribution in [3.63, 3.8) is 0 Å². The van der Waals surface area contributed by atoms with Crippen LogP contribution in [-0.4, -0.2) is 17.4 Å². The van der Waals surface area contributed by atoms with E-state index in [0.29, 0.717) is 24.9 Å². The number of aromatic nitrogens is 1. The molecule has 0 aliphatic carbocycles. The molecule has 0 atom stereocenters. The summed E-state index contributed by atoms with van der Waals surface area (Å²) in [6.45, 7) is 0.605. The minimum absolute atomic E-state index is 0.0428. The van der Waals surface area contributed by atoms with Crippen LogP contribution in [0.5, 0.6) is 0 Å². The Kier molecular flexibility index (Phi) is 4.72. The van der Waals surface area contributed by atoms with Crippen LogP contribution in [0.25, 0.3) is 0 Å². The monoisotopic (exact) mass is 260 g/mol. The molecule has 2 N–H and O–H groups in total. The average Bonchev–Trinajstić information content (AvgIpc) is 2.91. The summed E-state index contributed by atoms with van der Waals surface area (Å²) in [6, 6.07) is 8.53. The molecule has 0 unspecified atom stereocenters. The third-order valence-electron chi connectivity index (χ3n) is 2.98. The van der Waals surface area contributed by atoms with Gasteiger partial charge in [-0.15, -0.1) is 0 Å². The summed E-state index contributed by atoms with van der Waals surface area (Å²) in [5.74, 6) is -0.290. The second-order valence-corrected chi connectivity index (χ2v) is 4.41. The first-order chi connectivity index (χ1) is 9.25. The molecular weight excluding hydrogens is 243 g/mol. The van der Waals surface area contributed by atoms with Crippen molar-refractivity contribution in [3.8, 4) is 0 Å². The zero-order valence-corrected chi connectivity index (χ0v) is 10.7. The second kappa shape index (κ2) is 6.73. The van der Waals surface area contributed by atoms with E-state index >= 15 is 0 Å². The molecular formula is C15H17FN2O. The lowest BCUT2D eigenvalue weighted by Gasteiger charge is -2.05. The van der Waals surface area contributed by atoms with Crippen LogP contribution in [0.2, 0.25) is 0 Å². The van der Waals surface area contributed by atoms with Gasteiger partial charge in [-0.25, -0.2) is 4.39 Å². The Bertz CT molecular complexity index is 523. The fourth-order valence-corrected chi connectivity index (χ4v) is 1.90. The molecule has 19 heavy (non-hydrogen) atoms. The number of H-pyrrole nitrogens is 1. The number of rotatable bonds is 6. The van der Waals surface area contributed by atoms with Gasteiger partial charge in [0.05, 0.1) is 0 Å². The van der Waals surface area contributed by atoms with E-state index in [2.05, 4.69) is 10.3 Å². The minimum Gasteiger partial charge on any atom is -0.367 e. The van der Waals surface area contributed by atoms with Crippen molar-refractivity contribution in [2.24, 2.45) is 0 Å². The molecule has 0 radical (unpaired) electrons. The predicted molar refractivity (Wildman–Crippen MR) is 72.2 cm³/mol. The van der Waals surface area contributed by atoms with Crippen LogP contribution in [0.15, 0.2) is 42.7 Å². The number of carbonyl (C=O) groups excluding carboxylic acids is 1. The highest BCUT2D eigenvalue weighted by Crippen LogP contribution is 2.08. The van der Waals surface area contributed by atoms with E-state index in [9.17, 15) is 9.18 Å². The molecule has 0 bridgehead atoms. The van der Waals surface area contributed by atoms with Gasteiger partial charge in [-0.2, -0.15) is 0 Å². The summed E-state index contributed by atoms with van der Waals surface area (Å²) in [7, 11) is 0. The van der Waals surface area contributed by atoms with Crippen molar-refractivity contribution in [2.45, 2.75) is 19.3 Å². The Morgan fingerprint density at radius 1 is 1.21 bits per heavy atom. The summed E-state index contributed by atoms with van der Waals surface area (Å²) >= 11 is 0. The standard InChI is InChI=1S/C15H17FN2O/c16-14-4-2-1-3-13(14)5-6-15(19)18-10-8-12-7-9-17-11-12/h1-4,7,9,11,17H,5-6,8,10H2,(H,18,19). The highest BCUT2D eigenvalue weighted by Gasteiger charge is 2.05. The highest BCUT2D eigenvalue weighted by molar-refractivity contribution is 5.76. The quantitative estimate of drug-likeness (QED) is 0.823. The maximum atomic E-state index is 13.3. The Balaban J connectivity index is 1.69. The highest BCUT2D eigenvalue weighted by atomic mass is 19.1. The van der Waals surface area contributed by atoms with Crippen molar-refractivity contribution in [1.29, 1.82) is 0 Å². The topological polar surface area (TPSA) is 44.9 Å². The summed E-state index contributed by atoms with van der Waals surface area (Å²) in [5.41, 5.74) is 1.75. The van der Waals surface area contributed by atoms with E-state index in [-0.39, 0.29) is 11.7 Å².